The van der Waals surface area contributed by atoms with Crippen LogP contribution in [0.25, 0.3) is 10.2 Å². The molecular formula is C21H22FN3OS. The van der Waals surface area contributed by atoms with E-state index < -0.39 is 0 Å². The van der Waals surface area contributed by atoms with Crippen LogP contribution in [-0.2, 0) is 17.6 Å². The van der Waals surface area contributed by atoms with Gasteiger partial charge in [0.2, 0.25) is 5.91 Å². The average Bonchev–Trinajstić information content (AvgIpc) is 3.14. The molecule has 1 aliphatic heterocycles. The van der Waals surface area contributed by atoms with Gasteiger partial charge < -0.3 is 9.80 Å². The molecule has 4 nitrogen and oxygen atoms in total. The number of thiazole rings is 1. The van der Waals surface area contributed by atoms with Crippen LogP contribution in [0, 0.1) is 5.82 Å². The molecule has 3 aromatic rings. The van der Waals surface area contributed by atoms with Crippen molar-refractivity contribution in [2.45, 2.75) is 19.8 Å². The number of benzene rings is 2. The summed E-state index contributed by atoms with van der Waals surface area (Å²) in [6.07, 6.45) is 1.30. The van der Waals surface area contributed by atoms with Crippen LogP contribution < -0.4 is 4.90 Å². The summed E-state index contributed by atoms with van der Waals surface area (Å²) in [5.41, 5.74) is 3.24. The summed E-state index contributed by atoms with van der Waals surface area (Å²) < 4.78 is 14.2. The smallest absolute Gasteiger partial charge is 0.227 e. The number of piperazine rings is 1. The SMILES string of the molecule is CCc1cccc2sc(N3CCN(C(=O)Cc4ccc(F)cc4)CC3)nc12. The Kier molecular flexibility index (Phi) is 5.07. The van der Waals surface area contributed by atoms with E-state index in [9.17, 15) is 9.18 Å². The van der Waals surface area contributed by atoms with Crippen LogP contribution >= 0.6 is 11.3 Å². The highest BCUT2D eigenvalue weighted by Gasteiger charge is 2.23. The van der Waals surface area contributed by atoms with Crippen LogP contribution in [0.2, 0.25) is 0 Å². The van der Waals surface area contributed by atoms with Crippen LogP contribution in [0.15, 0.2) is 42.5 Å². The van der Waals surface area contributed by atoms with E-state index in [1.807, 2.05) is 4.90 Å². The van der Waals surface area contributed by atoms with Crippen LogP contribution in [-0.4, -0.2) is 42.0 Å². The van der Waals surface area contributed by atoms with Crippen LogP contribution in [0.4, 0.5) is 9.52 Å². The second-order valence-electron chi connectivity index (χ2n) is 6.78. The summed E-state index contributed by atoms with van der Waals surface area (Å²) in [5, 5.41) is 1.04. The number of carbonyl (C=O) groups excluding carboxylic acids is 1. The average molecular weight is 383 g/mol. The van der Waals surface area contributed by atoms with Gasteiger partial charge in [-0.25, -0.2) is 9.37 Å². The number of anilines is 1. The van der Waals surface area contributed by atoms with Gasteiger partial charge in [0, 0.05) is 26.2 Å². The Labute approximate surface area is 162 Å². The first-order valence-corrected chi connectivity index (χ1v) is 10.1. The van der Waals surface area contributed by atoms with E-state index in [0.29, 0.717) is 19.5 Å². The van der Waals surface area contributed by atoms with E-state index in [0.717, 1.165) is 35.7 Å². The number of fused-ring (bicyclic) bond motifs is 1. The highest BCUT2D eigenvalue weighted by atomic mass is 32.1. The molecule has 1 saturated heterocycles. The fourth-order valence-corrected chi connectivity index (χ4v) is 4.52. The number of amides is 1. The third kappa shape index (κ3) is 3.81. The molecule has 0 aliphatic carbocycles. The first-order chi connectivity index (χ1) is 13.1. The standard InChI is InChI=1S/C21H22FN3OS/c1-2-16-4-3-5-18-20(16)23-21(27-18)25-12-10-24(11-13-25)19(26)14-15-6-8-17(22)9-7-15/h3-9H,2,10-14H2,1H3. The molecule has 140 valence electrons. The number of halogens is 1. The van der Waals surface area contributed by atoms with Crippen LogP contribution in [0.5, 0.6) is 0 Å². The van der Waals surface area contributed by atoms with Crippen molar-refractivity contribution in [3.63, 3.8) is 0 Å². The summed E-state index contributed by atoms with van der Waals surface area (Å²) in [4.78, 5) is 21.5. The van der Waals surface area contributed by atoms with E-state index >= 15 is 0 Å². The molecule has 2 aromatic carbocycles. The quantitative estimate of drug-likeness (QED) is 0.686. The van der Waals surface area contributed by atoms with Crippen molar-refractivity contribution in [1.29, 1.82) is 0 Å². The third-order valence-corrected chi connectivity index (χ3v) is 6.13. The van der Waals surface area contributed by atoms with E-state index in [4.69, 9.17) is 4.98 Å². The summed E-state index contributed by atoms with van der Waals surface area (Å²) in [6, 6.07) is 12.5. The Morgan fingerprint density at radius 2 is 1.85 bits per heavy atom. The third-order valence-electron chi connectivity index (χ3n) is 5.04. The number of aromatic nitrogens is 1. The van der Waals surface area contributed by atoms with Gasteiger partial charge in [-0.1, -0.05) is 42.5 Å². The molecule has 0 bridgehead atoms. The molecule has 0 N–H and O–H groups in total. The Hall–Kier alpha value is -2.47. The summed E-state index contributed by atoms with van der Waals surface area (Å²) in [6.45, 7) is 5.11. The largest absolute Gasteiger partial charge is 0.345 e. The predicted octanol–water partition coefficient (Wildman–Crippen LogP) is 3.89. The zero-order chi connectivity index (χ0) is 18.8. The van der Waals surface area contributed by atoms with Gasteiger partial charge in [-0.15, -0.1) is 0 Å². The maximum Gasteiger partial charge on any atom is 0.227 e. The van der Waals surface area contributed by atoms with E-state index in [-0.39, 0.29) is 11.7 Å². The number of nitrogens with zero attached hydrogens (tertiary/aromatic N) is 3. The fourth-order valence-electron chi connectivity index (χ4n) is 3.45. The van der Waals surface area contributed by atoms with Gasteiger partial charge in [-0.05, 0) is 35.7 Å². The second kappa shape index (κ2) is 7.64. The molecule has 1 aliphatic rings. The van der Waals surface area contributed by atoms with Gasteiger partial charge in [0.1, 0.15) is 5.82 Å². The number of hydrogen-bond donors (Lipinski definition) is 0. The topological polar surface area (TPSA) is 36.4 Å². The Morgan fingerprint density at radius 3 is 2.56 bits per heavy atom. The van der Waals surface area contributed by atoms with Crippen molar-refractivity contribution in [2.24, 2.45) is 0 Å². The van der Waals surface area contributed by atoms with Gasteiger partial charge in [-0.2, -0.15) is 0 Å². The molecule has 0 radical (unpaired) electrons. The van der Waals surface area contributed by atoms with Gasteiger partial charge in [-0.3, -0.25) is 4.79 Å². The normalized spacial score (nSPS) is 14.7. The second-order valence-corrected chi connectivity index (χ2v) is 7.79. The number of aryl methyl sites for hydroxylation is 1. The lowest BCUT2D eigenvalue weighted by molar-refractivity contribution is -0.130. The van der Waals surface area contributed by atoms with Gasteiger partial charge >= 0.3 is 0 Å². The first kappa shape index (κ1) is 17.9. The van der Waals surface area contributed by atoms with Crippen molar-refractivity contribution in [1.82, 2.24) is 9.88 Å². The zero-order valence-electron chi connectivity index (χ0n) is 15.3. The summed E-state index contributed by atoms with van der Waals surface area (Å²) >= 11 is 1.72. The lowest BCUT2D eigenvalue weighted by atomic mass is 10.1. The Balaban J connectivity index is 1.40. The monoisotopic (exact) mass is 383 g/mol. The number of para-hydroxylation sites is 1. The highest BCUT2D eigenvalue weighted by molar-refractivity contribution is 7.22. The minimum atomic E-state index is -0.276. The molecule has 0 saturated carbocycles. The molecule has 1 fully saturated rings. The molecule has 6 heteroatoms. The minimum absolute atomic E-state index is 0.0961. The predicted molar refractivity (Wildman–Crippen MR) is 108 cm³/mol. The molecule has 4 rings (SSSR count). The van der Waals surface area contributed by atoms with Crippen molar-refractivity contribution in [3.8, 4) is 0 Å². The van der Waals surface area contributed by atoms with Crippen LogP contribution in [0.1, 0.15) is 18.1 Å². The summed E-state index contributed by atoms with van der Waals surface area (Å²) in [7, 11) is 0. The molecule has 27 heavy (non-hydrogen) atoms. The van der Waals surface area contributed by atoms with Gasteiger partial charge in [0.05, 0.1) is 16.6 Å². The van der Waals surface area contributed by atoms with Crippen molar-refractivity contribution in [3.05, 3.63) is 59.4 Å². The lowest BCUT2D eigenvalue weighted by Crippen LogP contribution is -2.49. The molecular weight excluding hydrogens is 361 g/mol. The maximum atomic E-state index is 13.0. The molecule has 0 atom stereocenters. The molecule has 0 unspecified atom stereocenters. The molecule has 1 aromatic heterocycles. The van der Waals surface area contributed by atoms with Crippen molar-refractivity contribution in [2.75, 3.05) is 31.1 Å². The van der Waals surface area contributed by atoms with Crippen LogP contribution in [0.3, 0.4) is 0 Å². The van der Waals surface area contributed by atoms with Gasteiger partial charge in [0.25, 0.3) is 0 Å². The highest BCUT2D eigenvalue weighted by Crippen LogP contribution is 2.31. The van der Waals surface area contributed by atoms with E-state index in [1.54, 1.807) is 23.5 Å². The number of hydrogen-bond acceptors (Lipinski definition) is 4. The van der Waals surface area contributed by atoms with Crippen molar-refractivity contribution >= 4 is 32.6 Å². The lowest BCUT2D eigenvalue weighted by Gasteiger charge is -2.34. The minimum Gasteiger partial charge on any atom is -0.345 e. The van der Waals surface area contributed by atoms with Gasteiger partial charge in [0.15, 0.2) is 5.13 Å². The molecule has 1 amide bonds. The van der Waals surface area contributed by atoms with E-state index in [1.165, 1.54) is 22.4 Å². The molecule has 0 spiro atoms. The zero-order valence-corrected chi connectivity index (χ0v) is 16.1. The van der Waals surface area contributed by atoms with Crippen molar-refractivity contribution < 1.29 is 9.18 Å². The fraction of sp³-hybridized carbons (Fsp3) is 0.333. The maximum absolute atomic E-state index is 13.0. The van der Waals surface area contributed by atoms with E-state index in [2.05, 4.69) is 30.0 Å². The molecule has 2 heterocycles. The summed E-state index contributed by atoms with van der Waals surface area (Å²) in [5.74, 6) is -0.180. The Bertz CT molecular complexity index is 946. The Morgan fingerprint density at radius 1 is 1.11 bits per heavy atom. The first-order valence-electron chi connectivity index (χ1n) is 9.29. The number of carbonyl (C=O) groups is 1. The number of rotatable bonds is 4.